The molecule has 110 valence electrons. The summed E-state index contributed by atoms with van der Waals surface area (Å²) in [7, 11) is 0. The molecule has 0 aliphatic carbocycles. The fourth-order valence-corrected chi connectivity index (χ4v) is 2.72. The number of hydrazine groups is 1. The molecule has 1 heterocycles. The van der Waals surface area contributed by atoms with E-state index in [1.54, 1.807) is 0 Å². The van der Waals surface area contributed by atoms with Crippen molar-refractivity contribution in [3.05, 3.63) is 35.4 Å². The monoisotopic (exact) mass is 277 g/mol. The number of carbonyl (C=O) groups excluding carboxylic acids is 1. The van der Waals surface area contributed by atoms with Crippen LogP contribution in [-0.4, -0.2) is 34.6 Å². The predicted molar refractivity (Wildman–Crippen MR) is 77.6 cm³/mol. The summed E-state index contributed by atoms with van der Waals surface area (Å²) in [6.45, 7) is 4.46. The Bertz CT molecular complexity index is 457. The molecule has 1 amide bonds. The standard InChI is InChI=1S/C15H23N3O2/c1-15(20)7-2-8-18(11-15)10-13-5-3-12(4-6-13)9-14(19)17-16/h3-6,20H,2,7-11,16H2,1H3,(H,17,19). The second-order valence-electron chi connectivity index (χ2n) is 5.87. The van der Waals surface area contributed by atoms with Crippen LogP contribution in [0.15, 0.2) is 24.3 Å². The summed E-state index contributed by atoms with van der Waals surface area (Å²) < 4.78 is 0. The Balaban J connectivity index is 1.92. The first-order chi connectivity index (χ1) is 9.48. The van der Waals surface area contributed by atoms with Crippen LogP contribution in [0.3, 0.4) is 0 Å². The van der Waals surface area contributed by atoms with Crippen LogP contribution in [0.4, 0.5) is 0 Å². The fraction of sp³-hybridized carbons (Fsp3) is 0.533. The first kappa shape index (κ1) is 15.0. The molecule has 1 aliphatic rings. The van der Waals surface area contributed by atoms with Crippen molar-refractivity contribution in [2.45, 2.75) is 38.3 Å². The maximum atomic E-state index is 11.2. The lowest BCUT2D eigenvalue weighted by Crippen LogP contribution is -2.45. The molecule has 4 N–H and O–H groups in total. The Hall–Kier alpha value is -1.43. The Labute approximate surface area is 119 Å². The van der Waals surface area contributed by atoms with Crippen molar-refractivity contribution in [1.82, 2.24) is 10.3 Å². The summed E-state index contributed by atoms with van der Waals surface area (Å²) in [5.41, 5.74) is 3.70. The molecule has 1 aromatic carbocycles. The molecule has 1 aromatic rings. The third-order valence-electron chi connectivity index (χ3n) is 3.71. The summed E-state index contributed by atoms with van der Waals surface area (Å²) in [6.07, 6.45) is 2.20. The molecule has 0 saturated carbocycles. The van der Waals surface area contributed by atoms with Crippen molar-refractivity contribution in [1.29, 1.82) is 0 Å². The van der Waals surface area contributed by atoms with Crippen molar-refractivity contribution < 1.29 is 9.90 Å². The average Bonchev–Trinajstić information content (AvgIpc) is 2.40. The van der Waals surface area contributed by atoms with Gasteiger partial charge in [0.05, 0.1) is 12.0 Å². The second kappa shape index (κ2) is 6.35. The predicted octanol–water partition coefficient (Wildman–Crippen LogP) is 0.566. The van der Waals surface area contributed by atoms with Crippen LogP contribution >= 0.6 is 0 Å². The van der Waals surface area contributed by atoms with Crippen molar-refractivity contribution in [2.75, 3.05) is 13.1 Å². The molecule has 1 aliphatic heterocycles. The van der Waals surface area contributed by atoms with Crippen molar-refractivity contribution in [3.8, 4) is 0 Å². The van der Waals surface area contributed by atoms with Gasteiger partial charge in [0.25, 0.3) is 0 Å². The number of nitrogens with two attached hydrogens (primary N) is 1. The zero-order chi connectivity index (χ0) is 14.6. The van der Waals surface area contributed by atoms with Gasteiger partial charge in [-0.3, -0.25) is 15.1 Å². The molecule has 20 heavy (non-hydrogen) atoms. The van der Waals surface area contributed by atoms with Crippen molar-refractivity contribution in [2.24, 2.45) is 5.84 Å². The highest BCUT2D eigenvalue weighted by Gasteiger charge is 2.28. The van der Waals surface area contributed by atoms with Gasteiger partial charge in [-0.1, -0.05) is 24.3 Å². The topological polar surface area (TPSA) is 78.6 Å². The van der Waals surface area contributed by atoms with Crippen LogP contribution in [0.5, 0.6) is 0 Å². The summed E-state index contributed by atoms with van der Waals surface area (Å²) in [6, 6.07) is 7.96. The quantitative estimate of drug-likeness (QED) is 0.427. The minimum absolute atomic E-state index is 0.190. The number of hydrogen-bond acceptors (Lipinski definition) is 4. The first-order valence-electron chi connectivity index (χ1n) is 7.00. The molecule has 5 heteroatoms. The van der Waals surface area contributed by atoms with Crippen LogP contribution in [0, 0.1) is 0 Å². The number of piperidine rings is 1. The van der Waals surface area contributed by atoms with Gasteiger partial charge in [-0.15, -0.1) is 0 Å². The van der Waals surface area contributed by atoms with Crippen molar-refractivity contribution >= 4 is 5.91 Å². The molecule has 0 bridgehead atoms. The summed E-state index contributed by atoms with van der Waals surface area (Å²) in [4.78, 5) is 13.5. The van der Waals surface area contributed by atoms with Gasteiger partial charge >= 0.3 is 0 Å². The van der Waals surface area contributed by atoms with Crippen LogP contribution in [0.2, 0.25) is 0 Å². The number of likely N-dealkylation sites (tertiary alicyclic amines) is 1. The molecule has 1 unspecified atom stereocenters. The molecular weight excluding hydrogens is 254 g/mol. The van der Waals surface area contributed by atoms with E-state index in [9.17, 15) is 9.90 Å². The Morgan fingerprint density at radius 3 is 2.65 bits per heavy atom. The maximum Gasteiger partial charge on any atom is 0.238 e. The lowest BCUT2D eigenvalue weighted by Gasteiger charge is -2.36. The number of hydrogen-bond donors (Lipinski definition) is 3. The average molecular weight is 277 g/mol. The van der Waals surface area contributed by atoms with Gasteiger partial charge < -0.3 is 5.11 Å². The van der Waals surface area contributed by atoms with Crippen LogP contribution in [-0.2, 0) is 17.8 Å². The van der Waals surface area contributed by atoms with Gasteiger partial charge in [0, 0.05) is 13.1 Å². The lowest BCUT2D eigenvalue weighted by molar-refractivity contribution is -0.120. The summed E-state index contributed by atoms with van der Waals surface area (Å²) in [5.74, 6) is 4.88. The number of benzene rings is 1. The van der Waals surface area contributed by atoms with Gasteiger partial charge in [0.15, 0.2) is 0 Å². The maximum absolute atomic E-state index is 11.2. The molecule has 0 aromatic heterocycles. The van der Waals surface area contributed by atoms with Gasteiger partial charge in [-0.25, -0.2) is 5.84 Å². The third kappa shape index (κ3) is 4.30. The minimum atomic E-state index is -0.572. The molecule has 1 atom stereocenters. The summed E-state index contributed by atoms with van der Waals surface area (Å²) >= 11 is 0. The molecule has 1 fully saturated rings. The highest BCUT2D eigenvalue weighted by atomic mass is 16.3. The zero-order valence-electron chi connectivity index (χ0n) is 11.9. The number of amides is 1. The Kier molecular flexibility index (Phi) is 4.75. The normalized spacial score (nSPS) is 23.6. The van der Waals surface area contributed by atoms with Gasteiger partial charge in [-0.05, 0) is 37.4 Å². The minimum Gasteiger partial charge on any atom is -0.389 e. The van der Waals surface area contributed by atoms with Crippen LogP contribution in [0.1, 0.15) is 30.9 Å². The Morgan fingerprint density at radius 2 is 2.05 bits per heavy atom. The largest absolute Gasteiger partial charge is 0.389 e. The molecule has 5 nitrogen and oxygen atoms in total. The highest BCUT2D eigenvalue weighted by molar-refractivity contribution is 5.77. The SMILES string of the molecule is CC1(O)CCCN(Cc2ccc(CC(=O)NN)cc2)C1. The van der Waals surface area contributed by atoms with E-state index in [1.807, 2.05) is 31.2 Å². The van der Waals surface area contributed by atoms with Crippen LogP contribution < -0.4 is 11.3 Å². The van der Waals surface area contributed by atoms with E-state index in [0.717, 1.165) is 31.5 Å². The highest BCUT2D eigenvalue weighted by Crippen LogP contribution is 2.21. The third-order valence-corrected chi connectivity index (χ3v) is 3.71. The van der Waals surface area contributed by atoms with E-state index in [0.29, 0.717) is 13.0 Å². The number of aliphatic hydroxyl groups is 1. The number of β-amino-alcohol motifs (C(OH)–C–C–N with tert-alkyl or cyclic N) is 1. The van der Waals surface area contributed by atoms with E-state index in [2.05, 4.69) is 10.3 Å². The zero-order valence-corrected chi connectivity index (χ0v) is 11.9. The molecule has 2 rings (SSSR count). The van der Waals surface area contributed by atoms with Gasteiger partial charge in [0.1, 0.15) is 0 Å². The van der Waals surface area contributed by atoms with Gasteiger partial charge in [0.2, 0.25) is 5.91 Å². The Morgan fingerprint density at radius 1 is 1.40 bits per heavy atom. The fourth-order valence-electron chi connectivity index (χ4n) is 2.72. The number of nitrogens with one attached hydrogen (secondary N) is 1. The summed E-state index contributed by atoms with van der Waals surface area (Å²) in [5, 5.41) is 10.1. The van der Waals surface area contributed by atoms with Crippen molar-refractivity contribution in [3.63, 3.8) is 0 Å². The van der Waals surface area contributed by atoms with E-state index in [4.69, 9.17) is 5.84 Å². The van der Waals surface area contributed by atoms with E-state index in [-0.39, 0.29) is 5.91 Å². The van der Waals surface area contributed by atoms with E-state index in [1.165, 1.54) is 5.56 Å². The second-order valence-corrected chi connectivity index (χ2v) is 5.87. The molecular formula is C15H23N3O2. The first-order valence-corrected chi connectivity index (χ1v) is 7.00. The van der Waals surface area contributed by atoms with E-state index < -0.39 is 5.60 Å². The number of rotatable bonds is 4. The van der Waals surface area contributed by atoms with Gasteiger partial charge in [-0.2, -0.15) is 0 Å². The molecule has 0 spiro atoms. The molecule has 0 radical (unpaired) electrons. The smallest absolute Gasteiger partial charge is 0.238 e. The lowest BCUT2D eigenvalue weighted by atomic mass is 9.95. The number of nitrogens with zero attached hydrogens (tertiary/aromatic N) is 1. The van der Waals surface area contributed by atoms with Crippen LogP contribution in [0.25, 0.3) is 0 Å². The number of carbonyl (C=O) groups is 1. The van der Waals surface area contributed by atoms with E-state index >= 15 is 0 Å². The molecule has 1 saturated heterocycles.